The highest BCUT2D eigenvalue weighted by atomic mass is 35.5. The van der Waals surface area contributed by atoms with E-state index >= 15 is 0 Å². The lowest BCUT2D eigenvalue weighted by atomic mass is 10.1. The lowest BCUT2D eigenvalue weighted by Gasteiger charge is -2.39. The second kappa shape index (κ2) is 7.14. The van der Waals surface area contributed by atoms with Gasteiger partial charge in [-0.25, -0.2) is 8.42 Å². The van der Waals surface area contributed by atoms with Crippen molar-refractivity contribution in [2.45, 2.75) is 10.9 Å². The van der Waals surface area contributed by atoms with Crippen LogP contribution in [0, 0.1) is 11.3 Å². The van der Waals surface area contributed by atoms with Crippen molar-refractivity contribution >= 4 is 21.6 Å². The van der Waals surface area contributed by atoms with E-state index in [9.17, 15) is 8.42 Å². The van der Waals surface area contributed by atoms with Gasteiger partial charge < -0.3 is 4.90 Å². The second-order valence-electron chi connectivity index (χ2n) is 6.06. The summed E-state index contributed by atoms with van der Waals surface area (Å²) in [6.45, 7) is 1.68. The lowest BCUT2D eigenvalue weighted by Crippen LogP contribution is -2.49. The molecule has 0 bridgehead atoms. The second-order valence-corrected chi connectivity index (χ2v) is 8.36. The Labute approximate surface area is 153 Å². The van der Waals surface area contributed by atoms with E-state index in [4.69, 9.17) is 16.9 Å². The zero-order valence-corrected chi connectivity index (χ0v) is 15.3. The number of hydrogen-bond donors (Lipinski definition) is 0. The summed E-state index contributed by atoms with van der Waals surface area (Å²) in [4.78, 5) is 2.23. The number of sulfonamides is 1. The predicted octanol–water partition coefficient (Wildman–Crippen LogP) is 2.89. The molecule has 5 nitrogen and oxygen atoms in total. The summed E-state index contributed by atoms with van der Waals surface area (Å²) in [5, 5.41) is 9.13. The van der Waals surface area contributed by atoms with Crippen LogP contribution in [0.1, 0.15) is 17.2 Å². The molecule has 1 atom stereocenters. The summed E-state index contributed by atoms with van der Waals surface area (Å²) < 4.78 is 27.9. The van der Waals surface area contributed by atoms with Gasteiger partial charge in [-0.2, -0.15) is 9.57 Å². The Kier molecular flexibility index (Phi) is 5.11. The van der Waals surface area contributed by atoms with E-state index in [1.807, 2.05) is 43.4 Å². The molecule has 0 aromatic heterocycles. The van der Waals surface area contributed by atoms with Gasteiger partial charge in [-0.15, -0.1) is 0 Å². The number of piperazine rings is 1. The van der Waals surface area contributed by atoms with Gasteiger partial charge in [-0.1, -0.05) is 41.9 Å². The molecule has 2 aromatic carbocycles. The molecule has 0 radical (unpaired) electrons. The van der Waals surface area contributed by atoms with Gasteiger partial charge in [0.1, 0.15) is 6.07 Å². The first-order valence-electron chi connectivity index (χ1n) is 7.88. The van der Waals surface area contributed by atoms with Gasteiger partial charge in [0, 0.05) is 19.6 Å². The van der Waals surface area contributed by atoms with E-state index < -0.39 is 10.0 Å². The topological polar surface area (TPSA) is 64.4 Å². The van der Waals surface area contributed by atoms with Crippen LogP contribution in [0.4, 0.5) is 0 Å². The molecule has 1 fully saturated rings. The smallest absolute Gasteiger partial charge is 0.243 e. The molecule has 1 aliphatic rings. The first kappa shape index (κ1) is 17.9. The molecule has 130 valence electrons. The molecular weight excluding hydrogens is 358 g/mol. The zero-order chi connectivity index (χ0) is 18.0. The van der Waals surface area contributed by atoms with Crippen LogP contribution in [0.2, 0.25) is 5.02 Å². The third kappa shape index (κ3) is 3.55. The quantitative estimate of drug-likeness (QED) is 0.827. The van der Waals surface area contributed by atoms with Crippen molar-refractivity contribution < 1.29 is 8.42 Å². The predicted molar refractivity (Wildman–Crippen MR) is 96.7 cm³/mol. The number of hydrogen-bond acceptors (Lipinski definition) is 4. The minimum absolute atomic E-state index is 0.113. The van der Waals surface area contributed by atoms with Gasteiger partial charge in [0.15, 0.2) is 0 Å². The Morgan fingerprint density at radius 3 is 2.52 bits per heavy atom. The molecule has 0 N–H and O–H groups in total. The minimum atomic E-state index is -3.72. The van der Waals surface area contributed by atoms with E-state index in [2.05, 4.69) is 4.90 Å². The summed E-state index contributed by atoms with van der Waals surface area (Å²) in [7, 11) is -1.73. The summed E-state index contributed by atoms with van der Waals surface area (Å²) in [6.07, 6.45) is 0. The summed E-state index contributed by atoms with van der Waals surface area (Å²) >= 11 is 6.04. The summed E-state index contributed by atoms with van der Waals surface area (Å²) in [6, 6.07) is 15.5. The Bertz CT molecular complexity index is 910. The fourth-order valence-electron chi connectivity index (χ4n) is 3.02. The molecule has 1 saturated heterocycles. The van der Waals surface area contributed by atoms with Gasteiger partial charge >= 0.3 is 0 Å². The van der Waals surface area contributed by atoms with Gasteiger partial charge in [0.05, 0.1) is 21.5 Å². The summed E-state index contributed by atoms with van der Waals surface area (Å²) in [5.74, 6) is 0. The van der Waals surface area contributed by atoms with Crippen LogP contribution in [0.3, 0.4) is 0 Å². The van der Waals surface area contributed by atoms with E-state index in [0.717, 1.165) is 5.56 Å². The Morgan fingerprint density at radius 2 is 1.88 bits per heavy atom. The van der Waals surface area contributed by atoms with E-state index in [-0.39, 0.29) is 21.5 Å². The molecule has 0 spiro atoms. The number of halogens is 1. The van der Waals surface area contributed by atoms with E-state index in [0.29, 0.717) is 19.6 Å². The molecule has 0 saturated carbocycles. The molecule has 1 aliphatic heterocycles. The molecule has 3 rings (SSSR count). The van der Waals surface area contributed by atoms with Crippen molar-refractivity contribution in [2.24, 2.45) is 0 Å². The molecule has 1 heterocycles. The molecular formula is C18H18ClN3O2S. The normalized spacial score (nSPS) is 19.5. The van der Waals surface area contributed by atoms with Gasteiger partial charge in [0.25, 0.3) is 0 Å². The SMILES string of the molecule is CN1CCN(S(=O)(=O)c2ccc(C#N)c(Cl)c2)[C@H](c2ccccc2)C1. The maximum absolute atomic E-state index is 13.2. The Morgan fingerprint density at radius 1 is 1.16 bits per heavy atom. The standard InChI is InChI=1S/C18H18ClN3O2S/c1-21-9-10-22(18(13-21)14-5-3-2-4-6-14)25(23,24)16-8-7-15(12-20)17(19)11-16/h2-8,11,18H,9-10,13H2,1H3/t18-/m0/s1. The maximum Gasteiger partial charge on any atom is 0.243 e. The molecule has 0 amide bonds. The minimum Gasteiger partial charge on any atom is -0.303 e. The first-order chi connectivity index (χ1) is 11.9. The van der Waals surface area contributed by atoms with Crippen LogP contribution in [-0.2, 0) is 10.0 Å². The lowest BCUT2D eigenvalue weighted by molar-refractivity contribution is 0.160. The average molecular weight is 376 g/mol. The van der Waals surface area contributed by atoms with Crippen molar-refractivity contribution in [3.63, 3.8) is 0 Å². The fraction of sp³-hybridized carbons (Fsp3) is 0.278. The monoisotopic (exact) mass is 375 g/mol. The van der Waals surface area contributed by atoms with Crippen molar-refractivity contribution in [2.75, 3.05) is 26.7 Å². The number of benzene rings is 2. The largest absolute Gasteiger partial charge is 0.303 e. The van der Waals surface area contributed by atoms with Crippen LogP contribution in [0.15, 0.2) is 53.4 Å². The molecule has 7 heteroatoms. The third-order valence-corrected chi connectivity index (χ3v) is 6.60. The number of rotatable bonds is 3. The Balaban J connectivity index is 2.02. The Hall–Kier alpha value is -1.91. The van der Waals surface area contributed by atoms with E-state index in [1.165, 1.54) is 22.5 Å². The van der Waals surface area contributed by atoms with Crippen LogP contribution < -0.4 is 0 Å². The van der Waals surface area contributed by atoms with Crippen molar-refractivity contribution in [1.29, 1.82) is 5.26 Å². The highest BCUT2D eigenvalue weighted by Gasteiger charge is 2.36. The van der Waals surface area contributed by atoms with Gasteiger partial charge in [0.2, 0.25) is 10.0 Å². The number of nitrogens with zero attached hydrogens (tertiary/aromatic N) is 3. The first-order valence-corrected chi connectivity index (χ1v) is 9.70. The highest BCUT2D eigenvalue weighted by Crippen LogP contribution is 2.32. The van der Waals surface area contributed by atoms with Crippen molar-refractivity contribution in [3.05, 3.63) is 64.7 Å². The van der Waals surface area contributed by atoms with Gasteiger partial charge in [-0.3, -0.25) is 0 Å². The van der Waals surface area contributed by atoms with Crippen molar-refractivity contribution in [3.8, 4) is 6.07 Å². The zero-order valence-electron chi connectivity index (χ0n) is 13.8. The van der Waals surface area contributed by atoms with Crippen LogP contribution in [0.25, 0.3) is 0 Å². The maximum atomic E-state index is 13.2. The highest BCUT2D eigenvalue weighted by molar-refractivity contribution is 7.89. The molecule has 2 aromatic rings. The molecule has 0 unspecified atom stereocenters. The third-order valence-electron chi connectivity index (χ3n) is 4.39. The molecule has 25 heavy (non-hydrogen) atoms. The number of likely N-dealkylation sites (N-methyl/N-ethyl adjacent to an activating group) is 1. The van der Waals surface area contributed by atoms with Crippen LogP contribution in [-0.4, -0.2) is 44.3 Å². The van der Waals surface area contributed by atoms with E-state index in [1.54, 1.807) is 0 Å². The van der Waals surface area contributed by atoms with Crippen LogP contribution >= 0.6 is 11.6 Å². The van der Waals surface area contributed by atoms with Crippen molar-refractivity contribution in [1.82, 2.24) is 9.21 Å². The molecule has 0 aliphatic carbocycles. The number of nitriles is 1. The van der Waals surface area contributed by atoms with Crippen LogP contribution in [0.5, 0.6) is 0 Å². The average Bonchev–Trinajstić information content (AvgIpc) is 2.62. The summed E-state index contributed by atoms with van der Waals surface area (Å²) in [5.41, 5.74) is 1.22. The fourth-order valence-corrected chi connectivity index (χ4v) is 4.93. The van der Waals surface area contributed by atoms with Gasteiger partial charge in [-0.05, 0) is 30.8 Å².